The molecule has 0 spiro atoms. The fourth-order valence-electron chi connectivity index (χ4n) is 3.93. The van der Waals surface area contributed by atoms with Gasteiger partial charge in [-0.25, -0.2) is 0 Å². The smallest absolute Gasteiger partial charge is 0.191 e. The standard InChI is InChI=1S/C22H33ClN6S/c1-3-24-21(26-15-13-17-8-6-9-18(23)16-17)25-14-7-12-20-27-28-22(30-2)29(20)19-10-4-5-11-19/h6,8-9,16,19H,3-5,7,10-15H2,1-2H3,(H2,24,25,26). The van der Waals surface area contributed by atoms with Crippen molar-refractivity contribution in [2.24, 2.45) is 4.99 Å². The van der Waals surface area contributed by atoms with Crippen molar-refractivity contribution >= 4 is 29.3 Å². The summed E-state index contributed by atoms with van der Waals surface area (Å²) in [6.07, 6.45) is 9.99. The maximum absolute atomic E-state index is 6.07. The molecule has 1 aromatic carbocycles. The van der Waals surface area contributed by atoms with Crippen LogP contribution in [0.15, 0.2) is 34.4 Å². The summed E-state index contributed by atoms with van der Waals surface area (Å²) >= 11 is 7.76. The van der Waals surface area contributed by atoms with Gasteiger partial charge >= 0.3 is 0 Å². The minimum absolute atomic E-state index is 0.575. The molecule has 1 aliphatic rings. The predicted molar refractivity (Wildman–Crippen MR) is 127 cm³/mol. The van der Waals surface area contributed by atoms with Gasteiger partial charge in [-0.2, -0.15) is 0 Å². The molecule has 164 valence electrons. The molecule has 1 aliphatic carbocycles. The number of nitrogens with zero attached hydrogens (tertiary/aromatic N) is 4. The van der Waals surface area contributed by atoms with Crippen molar-refractivity contribution in [3.8, 4) is 0 Å². The zero-order chi connectivity index (χ0) is 21.2. The number of aliphatic imine (C=N–C) groups is 1. The third-order valence-corrected chi connectivity index (χ3v) is 6.25. The average molecular weight is 449 g/mol. The number of hydrogen-bond donors (Lipinski definition) is 2. The maximum atomic E-state index is 6.07. The van der Waals surface area contributed by atoms with Gasteiger partial charge in [0.25, 0.3) is 0 Å². The van der Waals surface area contributed by atoms with E-state index in [1.807, 2.05) is 18.2 Å². The SMILES string of the molecule is CCNC(=NCCCc1nnc(SC)n1C1CCCC1)NCCc1cccc(Cl)c1. The highest BCUT2D eigenvalue weighted by molar-refractivity contribution is 7.98. The van der Waals surface area contributed by atoms with Crippen molar-refractivity contribution < 1.29 is 0 Å². The Morgan fingerprint density at radius 1 is 1.23 bits per heavy atom. The Balaban J connectivity index is 1.49. The summed E-state index contributed by atoms with van der Waals surface area (Å²) in [6.45, 7) is 4.51. The lowest BCUT2D eigenvalue weighted by Gasteiger charge is -2.16. The van der Waals surface area contributed by atoms with Crippen molar-refractivity contribution in [1.29, 1.82) is 0 Å². The molecule has 30 heavy (non-hydrogen) atoms. The summed E-state index contributed by atoms with van der Waals surface area (Å²) < 4.78 is 2.38. The van der Waals surface area contributed by atoms with Crippen LogP contribution in [-0.4, -0.2) is 46.6 Å². The van der Waals surface area contributed by atoms with Gasteiger partial charge < -0.3 is 15.2 Å². The molecule has 0 amide bonds. The van der Waals surface area contributed by atoms with E-state index in [0.717, 1.165) is 60.9 Å². The van der Waals surface area contributed by atoms with Crippen molar-refractivity contribution in [2.75, 3.05) is 25.9 Å². The summed E-state index contributed by atoms with van der Waals surface area (Å²) in [6, 6.07) is 8.58. The summed E-state index contributed by atoms with van der Waals surface area (Å²) in [5.41, 5.74) is 1.22. The lowest BCUT2D eigenvalue weighted by atomic mass is 10.1. The summed E-state index contributed by atoms with van der Waals surface area (Å²) in [4.78, 5) is 4.74. The second-order valence-electron chi connectivity index (χ2n) is 7.58. The summed E-state index contributed by atoms with van der Waals surface area (Å²) in [5.74, 6) is 1.97. The fraction of sp³-hybridized carbons (Fsp3) is 0.591. The number of benzene rings is 1. The van der Waals surface area contributed by atoms with Gasteiger partial charge in [0, 0.05) is 37.1 Å². The van der Waals surface area contributed by atoms with Crippen LogP contribution >= 0.6 is 23.4 Å². The molecule has 1 aromatic heterocycles. The number of rotatable bonds is 10. The minimum atomic E-state index is 0.575. The van der Waals surface area contributed by atoms with E-state index >= 15 is 0 Å². The van der Waals surface area contributed by atoms with Crippen molar-refractivity contribution in [3.05, 3.63) is 40.7 Å². The first-order valence-corrected chi connectivity index (χ1v) is 12.6. The molecular formula is C22H33ClN6S. The Labute approximate surface area is 189 Å². The van der Waals surface area contributed by atoms with Gasteiger partial charge in [0.1, 0.15) is 5.82 Å². The summed E-state index contributed by atoms with van der Waals surface area (Å²) in [5, 5.41) is 17.5. The van der Waals surface area contributed by atoms with Crippen LogP contribution in [-0.2, 0) is 12.8 Å². The molecule has 1 heterocycles. The van der Waals surface area contributed by atoms with Crippen LogP contribution in [0.3, 0.4) is 0 Å². The molecule has 2 N–H and O–H groups in total. The first-order chi connectivity index (χ1) is 14.7. The first-order valence-electron chi connectivity index (χ1n) is 11.0. The van der Waals surface area contributed by atoms with Crippen molar-refractivity contribution in [1.82, 2.24) is 25.4 Å². The van der Waals surface area contributed by atoms with Gasteiger partial charge in [-0.15, -0.1) is 10.2 Å². The second-order valence-corrected chi connectivity index (χ2v) is 8.79. The maximum Gasteiger partial charge on any atom is 0.191 e. The predicted octanol–water partition coefficient (Wildman–Crippen LogP) is 4.50. The summed E-state index contributed by atoms with van der Waals surface area (Å²) in [7, 11) is 0. The highest BCUT2D eigenvalue weighted by Crippen LogP contribution is 2.33. The molecule has 1 fully saturated rings. The van der Waals surface area contributed by atoms with Gasteiger partial charge in [-0.3, -0.25) is 4.99 Å². The minimum Gasteiger partial charge on any atom is -0.357 e. The molecular weight excluding hydrogens is 416 g/mol. The Morgan fingerprint density at radius 3 is 2.80 bits per heavy atom. The van der Waals surface area contributed by atoms with E-state index in [0.29, 0.717) is 6.04 Å². The van der Waals surface area contributed by atoms with E-state index in [4.69, 9.17) is 16.6 Å². The van der Waals surface area contributed by atoms with Crippen LogP contribution in [0, 0.1) is 0 Å². The largest absolute Gasteiger partial charge is 0.357 e. The Kier molecular flexibility index (Phi) is 9.33. The third kappa shape index (κ3) is 6.64. The van der Waals surface area contributed by atoms with E-state index in [1.165, 1.54) is 31.2 Å². The number of nitrogens with one attached hydrogen (secondary N) is 2. The molecule has 0 aliphatic heterocycles. The zero-order valence-corrected chi connectivity index (χ0v) is 19.6. The zero-order valence-electron chi connectivity index (χ0n) is 18.0. The van der Waals surface area contributed by atoms with E-state index in [2.05, 4.69) is 44.6 Å². The molecule has 1 saturated carbocycles. The van der Waals surface area contributed by atoms with Gasteiger partial charge in [0.2, 0.25) is 0 Å². The number of halogens is 1. The lowest BCUT2D eigenvalue weighted by Crippen LogP contribution is -2.38. The Bertz CT molecular complexity index is 816. The monoisotopic (exact) mass is 448 g/mol. The molecule has 0 bridgehead atoms. The molecule has 8 heteroatoms. The average Bonchev–Trinajstić information content (AvgIpc) is 3.40. The number of aromatic nitrogens is 3. The lowest BCUT2D eigenvalue weighted by molar-refractivity contribution is 0.461. The highest BCUT2D eigenvalue weighted by atomic mass is 35.5. The highest BCUT2D eigenvalue weighted by Gasteiger charge is 2.23. The van der Waals surface area contributed by atoms with Gasteiger partial charge in [-0.05, 0) is 56.6 Å². The first kappa shape index (κ1) is 22.9. The van der Waals surface area contributed by atoms with Crippen LogP contribution in [0.2, 0.25) is 5.02 Å². The molecule has 0 saturated heterocycles. The van der Waals surface area contributed by atoms with Crippen LogP contribution in [0.1, 0.15) is 56.5 Å². The number of guanidine groups is 1. The van der Waals surface area contributed by atoms with Crippen LogP contribution in [0.5, 0.6) is 0 Å². The molecule has 2 aromatic rings. The quantitative estimate of drug-likeness (QED) is 0.242. The number of aryl methyl sites for hydroxylation is 1. The van der Waals surface area contributed by atoms with E-state index in [-0.39, 0.29) is 0 Å². The molecule has 0 radical (unpaired) electrons. The van der Waals surface area contributed by atoms with Crippen LogP contribution in [0.4, 0.5) is 0 Å². The van der Waals surface area contributed by atoms with Gasteiger partial charge in [-0.1, -0.05) is 48.3 Å². The van der Waals surface area contributed by atoms with Gasteiger partial charge in [0.15, 0.2) is 11.1 Å². The molecule has 3 rings (SSSR count). The topological polar surface area (TPSA) is 67.1 Å². The normalized spacial score (nSPS) is 15.0. The Morgan fingerprint density at radius 2 is 2.07 bits per heavy atom. The fourth-order valence-corrected chi connectivity index (χ4v) is 4.72. The van der Waals surface area contributed by atoms with Crippen LogP contribution in [0.25, 0.3) is 0 Å². The molecule has 0 unspecified atom stereocenters. The Hall–Kier alpha value is -1.73. The number of thioether (sulfide) groups is 1. The molecule has 6 nitrogen and oxygen atoms in total. The van der Waals surface area contributed by atoms with E-state index in [1.54, 1.807) is 11.8 Å². The molecule has 0 atom stereocenters. The van der Waals surface area contributed by atoms with Crippen molar-refractivity contribution in [2.45, 2.75) is 63.1 Å². The van der Waals surface area contributed by atoms with Crippen molar-refractivity contribution in [3.63, 3.8) is 0 Å². The third-order valence-electron chi connectivity index (χ3n) is 5.38. The van der Waals surface area contributed by atoms with E-state index < -0.39 is 0 Å². The van der Waals surface area contributed by atoms with Crippen LogP contribution < -0.4 is 10.6 Å². The van der Waals surface area contributed by atoms with Gasteiger partial charge in [0.05, 0.1) is 0 Å². The van der Waals surface area contributed by atoms with E-state index in [9.17, 15) is 0 Å². The second kappa shape index (κ2) is 12.2. The number of hydrogen-bond acceptors (Lipinski definition) is 4.